The molecule has 0 amide bonds. The maximum absolute atomic E-state index is 10.7. The smallest absolute Gasteiger partial charge is 0.331 e. The van der Waals surface area contributed by atoms with E-state index in [0.29, 0.717) is 72.7 Å². The van der Waals surface area contributed by atoms with E-state index in [2.05, 4.69) is 4.74 Å². The third kappa shape index (κ3) is 19.2. The van der Waals surface area contributed by atoms with Gasteiger partial charge in [-0.25, -0.2) is 4.79 Å². The van der Waals surface area contributed by atoms with Gasteiger partial charge in [-0.1, -0.05) is 0 Å². The largest absolute Gasteiger partial charge is 0.467 e. The predicted molar refractivity (Wildman–Crippen MR) is 82.6 cm³/mol. The summed E-state index contributed by atoms with van der Waals surface area (Å²) in [5, 5.41) is 0. The minimum atomic E-state index is -0.395. The van der Waals surface area contributed by atoms with Gasteiger partial charge in [0, 0.05) is 6.61 Å². The Balaban J connectivity index is 2.99. The van der Waals surface area contributed by atoms with E-state index >= 15 is 0 Å². The number of carbonyl (C=O) groups is 1. The van der Waals surface area contributed by atoms with Crippen LogP contribution in [0.1, 0.15) is 6.92 Å². The van der Waals surface area contributed by atoms with Gasteiger partial charge in [0.05, 0.1) is 73.2 Å². The molecule has 0 saturated carbocycles. The molecule has 138 valence electrons. The van der Waals surface area contributed by atoms with Gasteiger partial charge in [-0.2, -0.15) is 0 Å². The van der Waals surface area contributed by atoms with Crippen molar-refractivity contribution in [1.82, 2.24) is 0 Å². The monoisotopic (exact) mass is 338 g/mol. The topological polar surface area (TPSA) is 81.7 Å². The minimum absolute atomic E-state index is 0.0525. The Morgan fingerprint density at radius 3 is 1.30 bits per heavy atom. The van der Waals surface area contributed by atoms with Crippen molar-refractivity contribution < 1.29 is 38.0 Å². The van der Waals surface area contributed by atoms with Gasteiger partial charge >= 0.3 is 5.97 Å². The number of carbonyl (C=O) groups excluding carboxylic acids is 1. The molecule has 0 rings (SSSR count). The molecule has 0 N–H and O–H groups in total. The molecule has 0 aromatic heterocycles. The number of ether oxygens (including phenoxy) is 7. The van der Waals surface area contributed by atoms with Crippen molar-refractivity contribution in [3.05, 3.63) is 0 Å². The molecular weight excluding hydrogens is 308 g/mol. The van der Waals surface area contributed by atoms with Crippen molar-refractivity contribution in [3.8, 4) is 0 Å². The Morgan fingerprint density at radius 1 is 0.609 bits per heavy atom. The zero-order valence-corrected chi connectivity index (χ0v) is 14.3. The molecule has 0 atom stereocenters. The Kier molecular flexibility index (Phi) is 18.6. The zero-order valence-electron chi connectivity index (χ0n) is 14.3. The standard InChI is InChI=1S/C15H30O8/c1-3-18-4-5-19-6-7-20-8-9-21-10-11-22-12-13-23-14-15(16)17-2/h3-14H2,1-2H3. The van der Waals surface area contributed by atoms with Crippen LogP contribution in [0.4, 0.5) is 0 Å². The number of esters is 1. The van der Waals surface area contributed by atoms with Gasteiger partial charge in [-0.15, -0.1) is 0 Å². The van der Waals surface area contributed by atoms with Crippen LogP contribution < -0.4 is 0 Å². The van der Waals surface area contributed by atoms with E-state index in [1.54, 1.807) is 0 Å². The van der Waals surface area contributed by atoms with E-state index in [-0.39, 0.29) is 6.61 Å². The van der Waals surface area contributed by atoms with Gasteiger partial charge in [0.1, 0.15) is 6.61 Å². The van der Waals surface area contributed by atoms with Crippen molar-refractivity contribution in [2.24, 2.45) is 0 Å². The van der Waals surface area contributed by atoms with Crippen molar-refractivity contribution in [2.45, 2.75) is 6.92 Å². The number of hydrogen-bond acceptors (Lipinski definition) is 8. The van der Waals surface area contributed by atoms with Crippen molar-refractivity contribution in [3.63, 3.8) is 0 Å². The highest BCUT2D eigenvalue weighted by Gasteiger charge is 1.98. The van der Waals surface area contributed by atoms with E-state index in [1.165, 1.54) is 7.11 Å². The molecular formula is C15H30O8. The fourth-order valence-corrected chi connectivity index (χ4v) is 1.36. The average molecular weight is 338 g/mol. The van der Waals surface area contributed by atoms with Crippen LogP contribution in [-0.4, -0.2) is 92.4 Å². The number of hydrogen-bond donors (Lipinski definition) is 0. The van der Waals surface area contributed by atoms with E-state index in [4.69, 9.17) is 28.4 Å². The lowest BCUT2D eigenvalue weighted by Crippen LogP contribution is -2.15. The molecule has 0 aliphatic heterocycles. The second-order valence-corrected chi connectivity index (χ2v) is 4.28. The molecule has 0 fully saturated rings. The molecule has 23 heavy (non-hydrogen) atoms. The molecule has 0 radical (unpaired) electrons. The van der Waals surface area contributed by atoms with E-state index in [9.17, 15) is 4.79 Å². The zero-order chi connectivity index (χ0) is 17.0. The summed E-state index contributed by atoms with van der Waals surface area (Å²) in [5.74, 6) is -0.395. The van der Waals surface area contributed by atoms with Crippen molar-refractivity contribution >= 4 is 5.97 Å². The lowest BCUT2D eigenvalue weighted by atomic mass is 10.6. The van der Waals surface area contributed by atoms with Crippen LogP contribution in [-0.2, 0) is 38.0 Å². The van der Waals surface area contributed by atoms with Crippen LogP contribution in [0.2, 0.25) is 0 Å². The number of rotatable bonds is 18. The van der Waals surface area contributed by atoms with Gasteiger partial charge in [-0.3, -0.25) is 0 Å². The normalized spacial score (nSPS) is 10.9. The summed E-state index contributed by atoms with van der Waals surface area (Å²) in [6.45, 7) is 7.69. The molecule has 0 aliphatic rings. The van der Waals surface area contributed by atoms with Gasteiger partial charge in [0.2, 0.25) is 0 Å². The summed E-state index contributed by atoms with van der Waals surface area (Å²) in [5.41, 5.74) is 0. The van der Waals surface area contributed by atoms with Gasteiger partial charge in [0.25, 0.3) is 0 Å². The first-order valence-electron chi connectivity index (χ1n) is 7.84. The lowest BCUT2D eigenvalue weighted by molar-refractivity contribution is -0.146. The average Bonchev–Trinajstić information content (AvgIpc) is 2.57. The number of methoxy groups -OCH3 is 1. The highest BCUT2D eigenvalue weighted by atomic mass is 16.6. The first kappa shape index (κ1) is 22.2. The predicted octanol–water partition coefficient (Wildman–Crippen LogP) is 0.279. The van der Waals surface area contributed by atoms with Gasteiger partial charge in [-0.05, 0) is 6.92 Å². The highest BCUT2D eigenvalue weighted by Crippen LogP contribution is 1.85. The second-order valence-electron chi connectivity index (χ2n) is 4.28. The van der Waals surface area contributed by atoms with Crippen LogP contribution in [0.3, 0.4) is 0 Å². The summed E-state index contributed by atoms with van der Waals surface area (Å²) in [4.78, 5) is 10.7. The summed E-state index contributed by atoms with van der Waals surface area (Å²) in [7, 11) is 1.32. The first-order valence-corrected chi connectivity index (χ1v) is 7.84. The molecule has 0 unspecified atom stereocenters. The molecule has 0 aromatic carbocycles. The van der Waals surface area contributed by atoms with Crippen LogP contribution >= 0.6 is 0 Å². The van der Waals surface area contributed by atoms with Gasteiger partial charge in [0.15, 0.2) is 0 Å². The van der Waals surface area contributed by atoms with Crippen molar-refractivity contribution in [2.75, 3.05) is 86.4 Å². The Labute approximate surface area is 138 Å². The van der Waals surface area contributed by atoms with E-state index in [1.807, 2.05) is 6.92 Å². The minimum Gasteiger partial charge on any atom is -0.467 e. The fourth-order valence-electron chi connectivity index (χ4n) is 1.36. The van der Waals surface area contributed by atoms with Crippen LogP contribution in [0.5, 0.6) is 0 Å². The van der Waals surface area contributed by atoms with Crippen LogP contribution in [0.25, 0.3) is 0 Å². The fraction of sp³-hybridized carbons (Fsp3) is 0.933. The van der Waals surface area contributed by atoms with E-state index in [0.717, 1.165) is 0 Å². The van der Waals surface area contributed by atoms with Crippen LogP contribution in [0.15, 0.2) is 0 Å². The maximum atomic E-state index is 10.7. The van der Waals surface area contributed by atoms with Gasteiger partial charge < -0.3 is 33.2 Å². The molecule has 8 heteroatoms. The molecule has 0 aromatic rings. The maximum Gasteiger partial charge on any atom is 0.331 e. The lowest BCUT2D eigenvalue weighted by Gasteiger charge is -2.07. The molecule has 0 saturated heterocycles. The summed E-state index contributed by atoms with van der Waals surface area (Å²) < 4.78 is 35.8. The Hall–Kier alpha value is -0.770. The Morgan fingerprint density at radius 2 is 0.957 bits per heavy atom. The van der Waals surface area contributed by atoms with E-state index < -0.39 is 5.97 Å². The third-order valence-corrected chi connectivity index (χ3v) is 2.51. The third-order valence-electron chi connectivity index (χ3n) is 2.51. The highest BCUT2D eigenvalue weighted by molar-refractivity contribution is 5.70. The second kappa shape index (κ2) is 19.3. The molecule has 0 bridgehead atoms. The SMILES string of the molecule is CCOCCOCCOCCOCCOCCOCC(=O)OC. The Bertz CT molecular complexity index is 250. The molecule has 0 heterocycles. The summed E-state index contributed by atoms with van der Waals surface area (Å²) in [6.07, 6.45) is 0. The van der Waals surface area contributed by atoms with Crippen molar-refractivity contribution in [1.29, 1.82) is 0 Å². The first-order chi connectivity index (χ1) is 11.3. The molecule has 8 nitrogen and oxygen atoms in total. The molecule has 0 spiro atoms. The van der Waals surface area contributed by atoms with Crippen LogP contribution in [0, 0.1) is 0 Å². The molecule has 0 aliphatic carbocycles. The quantitative estimate of drug-likeness (QED) is 0.260. The summed E-state index contributed by atoms with van der Waals surface area (Å²) >= 11 is 0. The summed E-state index contributed by atoms with van der Waals surface area (Å²) in [6, 6.07) is 0.